The van der Waals surface area contributed by atoms with E-state index < -0.39 is 10.0 Å². The first-order chi connectivity index (χ1) is 11.0. The topological polar surface area (TPSA) is 0 Å². The minimum Gasteiger partial charge on any atom is -0.241 e. The summed E-state index contributed by atoms with van der Waals surface area (Å²) < 4.78 is 0. The number of rotatable bonds is 7. The largest absolute Gasteiger partial charge is 0.241 e. The molecule has 0 aromatic carbocycles. The van der Waals surface area contributed by atoms with Crippen molar-refractivity contribution in [2.24, 2.45) is 23.7 Å². The van der Waals surface area contributed by atoms with Gasteiger partial charge in [0, 0.05) is 0 Å². The van der Waals surface area contributed by atoms with E-state index in [0.29, 0.717) is 0 Å². The molecule has 2 aliphatic rings. The maximum atomic E-state index is 2.72. The Balaban J connectivity index is 2.12. The van der Waals surface area contributed by atoms with Crippen LogP contribution in [-0.2, 0) is 0 Å². The Hall–Kier alpha value is 0.350. The Bertz CT molecular complexity index is 348. The molecular weight excluding hydrogens is 296 g/mol. The average molecular weight is 341 g/mol. The second kappa shape index (κ2) is 8.63. The summed E-state index contributed by atoms with van der Waals surface area (Å²) in [5, 5.41) is 2.03. The van der Waals surface area contributed by atoms with Gasteiger partial charge in [-0.25, -0.2) is 10.0 Å². The van der Waals surface area contributed by atoms with Gasteiger partial charge in [-0.05, 0) is 65.9 Å². The highest BCUT2D eigenvalue weighted by Gasteiger charge is 2.45. The van der Waals surface area contributed by atoms with Crippen LogP contribution in [0.2, 0.25) is 0 Å². The molecule has 1 heteroatoms. The van der Waals surface area contributed by atoms with Gasteiger partial charge < -0.3 is 0 Å². The van der Waals surface area contributed by atoms with Crippen LogP contribution in [0.3, 0.4) is 0 Å². The second-order valence-electron chi connectivity index (χ2n) is 9.05. The molecule has 0 bridgehead atoms. The first-order valence-corrected chi connectivity index (χ1v) is 13.3. The van der Waals surface area contributed by atoms with E-state index >= 15 is 0 Å². The molecule has 0 radical (unpaired) electrons. The van der Waals surface area contributed by atoms with E-state index in [0.717, 1.165) is 34.2 Å². The zero-order chi connectivity index (χ0) is 17.0. The lowest BCUT2D eigenvalue weighted by Crippen LogP contribution is -2.37. The van der Waals surface area contributed by atoms with Crippen molar-refractivity contribution in [2.45, 2.75) is 102 Å². The Morgan fingerprint density at radius 1 is 0.870 bits per heavy atom. The third-order valence-electron chi connectivity index (χ3n) is 7.87. The maximum Gasteiger partial charge on any atom is -0.00833 e. The van der Waals surface area contributed by atoms with Crippen LogP contribution in [0.25, 0.3) is 0 Å². The molecular formula is C22H44S. The minimum atomic E-state index is -0.494. The van der Waals surface area contributed by atoms with Gasteiger partial charge in [-0.1, -0.05) is 72.6 Å². The average Bonchev–Trinajstić information content (AvgIpc) is 2.98. The molecule has 6 atom stereocenters. The molecule has 0 saturated heterocycles. The minimum absolute atomic E-state index is 0.494. The molecule has 0 amide bonds. The van der Waals surface area contributed by atoms with Gasteiger partial charge in [-0.3, -0.25) is 0 Å². The van der Waals surface area contributed by atoms with E-state index in [1.807, 2.05) is 0 Å². The van der Waals surface area contributed by atoms with Crippen LogP contribution in [0, 0.1) is 23.7 Å². The summed E-state index contributed by atoms with van der Waals surface area (Å²) in [6.45, 7) is 9.96. The normalized spacial score (nSPS) is 37.7. The van der Waals surface area contributed by atoms with Crippen LogP contribution in [0.5, 0.6) is 0 Å². The summed E-state index contributed by atoms with van der Waals surface area (Å²) in [7, 11) is -0.494. The van der Waals surface area contributed by atoms with Gasteiger partial charge in [0.2, 0.25) is 0 Å². The Labute approximate surface area is 148 Å². The van der Waals surface area contributed by atoms with Crippen molar-refractivity contribution in [3.8, 4) is 0 Å². The molecule has 5 unspecified atom stereocenters. The van der Waals surface area contributed by atoms with Crippen molar-refractivity contribution in [1.82, 2.24) is 0 Å². The molecule has 2 rings (SSSR count). The third kappa shape index (κ3) is 4.13. The van der Waals surface area contributed by atoms with Crippen LogP contribution in [0.4, 0.5) is 0 Å². The maximum absolute atomic E-state index is 2.72. The fourth-order valence-electron chi connectivity index (χ4n) is 6.28. The highest BCUT2D eigenvalue weighted by atomic mass is 32.3. The van der Waals surface area contributed by atoms with Crippen LogP contribution in [0.15, 0.2) is 0 Å². The molecule has 0 N–H and O–H groups in total. The molecule has 0 aliphatic heterocycles. The smallest absolute Gasteiger partial charge is 0.00833 e. The number of hydrogen-bond acceptors (Lipinski definition) is 0. The predicted molar refractivity (Wildman–Crippen MR) is 110 cm³/mol. The lowest BCUT2D eigenvalue weighted by Gasteiger charge is -2.52. The highest BCUT2D eigenvalue weighted by Crippen LogP contribution is 2.63. The molecule has 0 aromatic rings. The van der Waals surface area contributed by atoms with Crippen LogP contribution in [0.1, 0.15) is 91.9 Å². The molecule has 2 saturated carbocycles. The van der Waals surface area contributed by atoms with Crippen molar-refractivity contribution in [1.29, 1.82) is 0 Å². The standard InChI is InChI=1S/C22H44S/c1-7-12-19-15-16-22(20(19)9-3)23(5,6)17(4)21-14-11-10-13-18(21)8-2/h17-22H,7-16H2,1-6H3/t17?,18?,19?,20?,21?,22-/m0/s1. The van der Waals surface area contributed by atoms with Gasteiger partial charge in [0.15, 0.2) is 0 Å². The summed E-state index contributed by atoms with van der Waals surface area (Å²) >= 11 is 0. The van der Waals surface area contributed by atoms with Gasteiger partial charge in [0.1, 0.15) is 0 Å². The van der Waals surface area contributed by atoms with Crippen molar-refractivity contribution < 1.29 is 0 Å². The van der Waals surface area contributed by atoms with Gasteiger partial charge in [-0.2, -0.15) is 0 Å². The molecule has 0 aromatic heterocycles. The summed E-state index contributed by atoms with van der Waals surface area (Å²) in [6, 6.07) is 0. The van der Waals surface area contributed by atoms with Gasteiger partial charge in [0.05, 0.1) is 0 Å². The van der Waals surface area contributed by atoms with Crippen molar-refractivity contribution in [3.05, 3.63) is 0 Å². The first kappa shape index (κ1) is 19.7. The summed E-state index contributed by atoms with van der Waals surface area (Å²) in [5.41, 5.74) is 0. The van der Waals surface area contributed by atoms with Crippen molar-refractivity contribution >= 4 is 10.0 Å². The first-order valence-electron chi connectivity index (χ1n) is 10.7. The van der Waals surface area contributed by atoms with E-state index in [-0.39, 0.29) is 0 Å². The van der Waals surface area contributed by atoms with Crippen molar-refractivity contribution in [2.75, 3.05) is 12.5 Å². The molecule has 0 nitrogen and oxygen atoms in total. The molecule has 0 spiro atoms. The van der Waals surface area contributed by atoms with E-state index in [9.17, 15) is 0 Å². The molecule has 2 fully saturated rings. The van der Waals surface area contributed by atoms with E-state index in [2.05, 4.69) is 40.2 Å². The Morgan fingerprint density at radius 3 is 2.17 bits per heavy atom. The zero-order valence-corrected chi connectivity index (χ0v) is 17.8. The third-order valence-corrected chi connectivity index (χ3v) is 12.3. The molecule has 138 valence electrons. The van der Waals surface area contributed by atoms with Crippen LogP contribution in [-0.4, -0.2) is 23.0 Å². The monoisotopic (exact) mass is 340 g/mol. The second-order valence-corrected chi connectivity index (χ2v) is 13.4. The van der Waals surface area contributed by atoms with Crippen molar-refractivity contribution in [3.63, 3.8) is 0 Å². The Kier molecular flexibility index (Phi) is 7.38. The zero-order valence-electron chi connectivity index (χ0n) is 16.9. The number of hydrogen-bond donors (Lipinski definition) is 0. The van der Waals surface area contributed by atoms with E-state index in [4.69, 9.17) is 0 Å². The van der Waals surface area contributed by atoms with Crippen LogP contribution >= 0.6 is 10.0 Å². The van der Waals surface area contributed by atoms with E-state index in [1.54, 1.807) is 6.42 Å². The summed E-state index contributed by atoms with van der Waals surface area (Å²) in [4.78, 5) is 0. The van der Waals surface area contributed by atoms with E-state index in [1.165, 1.54) is 57.8 Å². The van der Waals surface area contributed by atoms with Gasteiger partial charge >= 0.3 is 0 Å². The fourth-order valence-corrected chi connectivity index (χ4v) is 10.1. The molecule has 2 aliphatic carbocycles. The summed E-state index contributed by atoms with van der Waals surface area (Å²) in [6.07, 6.45) is 20.3. The SMILES string of the molecule is CCCC1CC[C@H](S(C)(C)C(C)C2CCCCC2CC)C1CC. The summed E-state index contributed by atoms with van der Waals surface area (Å²) in [5.74, 6) is 4.13. The predicted octanol–water partition coefficient (Wildman–Crippen LogP) is 7.26. The Morgan fingerprint density at radius 2 is 1.57 bits per heavy atom. The highest BCUT2D eigenvalue weighted by molar-refractivity contribution is 8.33. The molecule has 0 heterocycles. The van der Waals surface area contributed by atoms with Crippen LogP contribution < -0.4 is 0 Å². The molecule has 23 heavy (non-hydrogen) atoms. The fraction of sp³-hybridized carbons (Fsp3) is 1.00. The van der Waals surface area contributed by atoms with Gasteiger partial charge in [-0.15, -0.1) is 0 Å². The lowest BCUT2D eigenvalue weighted by atomic mass is 9.76. The van der Waals surface area contributed by atoms with Gasteiger partial charge in [0.25, 0.3) is 0 Å². The quantitative estimate of drug-likeness (QED) is 0.457. The lowest BCUT2D eigenvalue weighted by molar-refractivity contribution is 0.228.